The Labute approximate surface area is 144 Å². The number of nitrogens with zero attached hydrogens (tertiary/aromatic N) is 1. The largest absolute Gasteiger partial charge is 0.500 e. The Morgan fingerprint density at radius 2 is 2.17 bits per heavy atom. The number of rotatable bonds is 7. The van der Waals surface area contributed by atoms with Crippen LogP contribution in [0.5, 0.6) is 0 Å². The van der Waals surface area contributed by atoms with Crippen LogP contribution in [-0.4, -0.2) is 17.9 Å². The molecule has 24 heavy (non-hydrogen) atoms. The number of ketones is 1. The number of carbonyl (C=O) groups is 1. The van der Waals surface area contributed by atoms with E-state index in [4.69, 9.17) is 4.74 Å². The number of ether oxygens (including phenoxy) is 1. The van der Waals surface area contributed by atoms with Crippen molar-refractivity contribution in [3.8, 4) is 0 Å². The fourth-order valence-electron chi connectivity index (χ4n) is 2.90. The van der Waals surface area contributed by atoms with Crippen molar-refractivity contribution in [1.29, 1.82) is 0 Å². The van der Waals surface area contributed by atoms with Crippen molar-refractivity contribution in [2.24, 2.45) is 0 Å². The zero-order valence-corrected chi connectivity index (χ0v) is 15.2. The molecular weight excluding hydrogens is 298 g/mol. The lowest BCUT2D eigenvalue weighted by Crippen LogP contribution is -2.32. The molecule has 1 aromatic rings. The molecule has 1 heterocycles. The topological polar surface area (TPSA) is 39.2 Å². The zero-order chi connectivity index (χ0) is 17.5. The first-order chi connectivity index (χ1) is 11.5. The lowest BCUT2D eigenvalue weighted by atomic mass is 9.99. The highest BCUT2D eigenvalue weighted by molar-refractivity contribution is 5.90. The number of pyridine rings is 1. The highest BCUT2D eigenvalue weighted by Crippen LogP contribution is 2.16. The summed E-state index contributed by atoms with van der Waals surface area (Å²) in [6.07, 6.45) is 12.1. The van der Waals surface area contributed by atoms with E-state index >= 15 is 0 Å². The van der Waals surface area contributed by atoms with Gasteiger partial charge in [-0.05, 0) is 49.6 Å². The van der Waals surface area contributed by atoms with E-state index in [2.05, 4.69) is 30.1 Å². The second-order valence-electron chi connectivity index (χ2n) is 6.47. The lowest BCUT2D eigenvalue weighted by molar-refractivity contribution is -0.114. The number of fused-ring (bicyclic) bond motifs is 1. The molecule has 0 unspecified atom stereocenters. The molecule has 0 radical (unpaired) electrons. The summed E-state index contributed by atoms with van der Waals surface area (Å²) in [5.74, 6) is 1.14. The van der Waals surface area contributed by atoms with Gasteiger partial charge in [-0.15, -0.1) is 0 Å². The van der Waals surface area contributed by atoms with Crippen LogP contribution in [0, 0.1) is 0 Å². The second kappa shape index (κ2) is 8.62. The summed E-state index contributed by atoms with van der Waals surface area (Å²) in [6, 6.07) is 2.15. The molecule has 0 saturated carbocycles. The van der Waals surface area contributed by atoms with Gasteiger partial charge in [-0.2, -0.15) is 0 Å². The van der Waals surface area contributed by atoms with Gasteiger partial charge in [0, 0.05) is 30.0 Å². The average molecular weight is 325 g/mol. The summed E-state index contributed by atoms with van der Waals surface area (Å²) in [6.45, 7) is 6.06. The van der Waals surface area contributed by atoms with Gasteiger partial charge in [-0.3, -0.25) is 9.78 Å². The molecule has 2 rings (SSSR count). The molecule has 1 aliphatic carbocycles. The highest BCUT2D eigenvalue weighted by Gasteiger charge is 2.10. The number of carbonyl (C=O) groups excluding carboxylic acids is 1. The van der Waals surface area contributed by atoms with Gasteiger partial charge in [0.15, 0.2) is 5.78 Å². The Morgan fingerprint density at radius 1 is 1.38 bits per heavy atom. The van der Waals surface area contributed by atoms with Gasteiger partial charge in [-0.25, -0.2) is 0 Å². The molecule has 1 aromatic heterocycles. The average Bonchev–Trinajstić information content (AvgIpc) is 2.53. The first-order valence-corrected chi connectivity index (χ1v) is 8.64. The second-order valence-corrected chi connectivity index (χ2v) is 6.47. The van der Waals surface area contributed by atoms with Gasteiger partial charge in [0.25, 0.3) is 0 Å². The highest BCUT2D eigenvalue weighted by atomic mass is 16.5. The molecule has 1 aliphatic rings. The van der Waals surface area contributed by atoms with E-state index in [1.165, 1.54) is 10.8 Å². The van der Waals surface area contributed by atoms with Crippen LogP contribution in [0.15, 0.2) is 35.6 Å². The quantitative estimate of drug-likeness (QED) is 0.723. The number of hydrogen-bond donors (Lipinski definition) is 0. The number of aryl methyl sites for hydroxylation is 1. The van der Waals surface area contributed by atoms with Gasteiger partial charge in [0.2, 0.25) is 0 Å². The van der Waals surface area contributed by atoms with E-state index in [9.17, 15) is 4.79 Å². The monoisotopic (exact) mass is 325 g/mol. The van der Waals surface area contributed by atoms with Crippen molar-refractivity contribution >= 4 is 17.6 Å². The molecule has 0 N–H and O–H groups in total. The maximum absolute atomic E-state index is 11.8. The van der Waals surface area contributed by atoms with Gasteiger partial charge >= 0.3 is 0 Å². The first kappa shape index (κ1) is 18.2. The molecular formula is C21H27NO2. The minimum atomic E-state index is 0.188. The molecule has 0 atom stereocenters. The number of methoxy groups -OCH3 is 1. The van der Waals surface area contributed by atoms with Crippen molar-refractivity contribution in [3.63, 3.8) is 0 Å². The molecule has 0 aromatic carbocycles. The summed E-state index contributed by atoms with van der Waals surface area (Å²) in [4.78, 5) is 16.3. The third kappa shape index (κ3) is 4.92. The third-order valence-electron chi connectivity index (χ3n) is 4.00. The van der Waals surface area contributed by atoms with Crippen LogP contribution < -0.4 is 10.4 Å². The van der Waals surface area contributed by atoms with Gasteiger partial charge in [0.05, 0.1) is 7.11 Å². The summed E-state index contributed by atoms with van der Waals surface area (Å²) in [5.41, 5.74) is 3.37. The van der Waals surface area contributed by atoms with E-state index in [0.717, 1.165) is 47.9 Å². The Bertz CT molecular complexity index is 781. The third-order valence-corrected chi connectivity index (χ3v) is 4.00. The number of allylic oxidation sites excluding steroid dienone is 3. The molecule has 0 spiro atoms. The normalized spacial score (nSPS) is 14.8. The van der Waals surface area contributed by atoms with Crippen LogP contribution in [0.4, 0.5) is 0 Å². The molecule has 0 saturated heterocycles. The van der Waals surface area contributed by atoms with E-state index in [0.29, 0.717) is 6.42 Å². The predicted octanol–water partition coefficient (Wildman–Crippen LogP) is 3.21. The summed E-state index contributed by atoms with van der Waals surface area (Å²) < 4.78 is 5.57. The standard InChI is InChI=1S/C21H27NO2/c1-5-7-18-13-17-11-16(8-6-9-19(23)10-15(2)3)12-21(24-4)20(17)14-22-18/h8,10-11,13-14H,5-7,9,12H2,1-4H3. The van der Waals surface area contributed by atoms with Gasteiger partial charge in [-0.1, -0.05) is 31.1 Å². The van der Waals surface area contributed by atoms with Crippen LogP contribution in [0.2, 0.25) is 0 Å². The van der Waals surface area contributed by atoms with Gasteiger partial charge in [0.1, 0.15) is 5.76 Å². The fourth-order valence-corrected chi connectivity index (χ4v) is 2.90. The summed E-state index contributed by atoms with van der Waals surface area (Å²) in [7, 11) is 1.71. The van der Waals surface area contributed by atoms with Crippen LogP contribution >= 0.6 is 0 Å². The summed E-state index contributed by atoms with van der Waals surface area (Å²) in [5, 5.41) is 2.24. The lowest BCUT2D eigenvalue weighted by Gasteiger charge is -2.13. The molecule has 3 heteroatoms. The Kier molecular flexibility index (Phi) is 6.53. The number of aromatic nitrogens is 1. The van der Waals surface area contributed by atoms with Crippen LogP contribution in [0.1, 0.15) is 52.1 Å². The molecule has 0 bridgehead atoms. The predicted molar refractivity (Wildman–Crippen MR) is 98.7 cm³/mol. The first-order valence-electron chi connectivity index (χ1n) is 8.64. The van der Waals surface area contributed by atoms with E-state index in [1.54, 1.807) is 13.2 Å². The Morgan fingerprint density at radius 3 is 2.83 bits per heavy atom. The van der Waals surface area contributed by atoms with E-state index < -0.39 is 0 Å². The zero-order valence-electron chi connectivity index (χ0n) is 15.2. The summed E-state index contributed by atoms with van der Waals surface area (Å²) >= 11 is 0. The number of hydrogen-bond acceptors (Lipinski definition) is 3. The van der Waals surface area contributed by atoms with Crippen LogP contribution in [0.25, 0.3) is 11.8 Å². The molecule has 3 nitrogen and oxygen atoms in total. The van der Waals surface area contributed by atoms with Crippen molar-refractivity contribution in [1.82, 2.24) is 4.98 Å². The van der Waals surface area contributed by atoms with Crippen molar-refractivity contribution < 1.29 is 9.53 Å². The van der Waals surface area contributed by atoms with Crippen molar-refractivity contribution in [2.45, 2.75) is 52.9 Å². The van der Waals surface area contributed by atoms with Gasteiger partial charge < -0.3 is 4.74 Å². The molecule has 0 aliphatic heterocycles. The molecule has 128 valence electrons. The fraction of sp³-hybridized carbons (Fsp3) is 0.429. The maximum Gasteiger partial charge on any atom is 0.155 e. The maximum atomic E-state index is 11.8. The van der Waals surface area contributed by atoms with E-state index in [-0.39, 0.29) is 5.78 Å². The minimum Gasteiger partial charge on any atom is -0.500 e. The Hall–Kier alpha value is -2.16. The smallest absolute Gasteiger partial charge is 0.155 e. The minimum absolute atomic E-state index is 0.188. The van der Waals surface area contributed by atoms with E-state index in [1.807, 2.05) is 20.0 Å². The van der Waals surface area contributed by atoms with Crippen LogP contribution in [-0.2, 0) is 16.0 Å². The SMILES string of the molecule is CCCc1cc2c(cn1)=C(OC)CC(=CCCC(=O)C=C(C)C)C=2. The van der Waals surface area contributed by atoms with Crippen molar-refractivity contribution in [2.75, 3.05) is 7.11 Å². The molecule has 0 amide bonds. The Balaban J connectivity index is 2.23. The van der Waals surface area contributed by atoms with Crippen LogP contribution in [0.3, 0.4) is 0 Å². The molecule has 0 fully saturated rings. The van der Waals surface area contributed by atoms with Crippen molar-refractivity contribution in [3.05, 3.63) is 51.7 Å².